The highest BCUT2D eigenvalue weighted by Crippen LogP contribution is 2.10. The van der Waals surface area contributed by atoms with Gasteiger partial charge in [0.25, 0.3) is 0 Å². The van der Waals surface area contributed by atoms with Gasteiger partial charge in [-0.2, -0.15) is 9.13 Å². The first-order valence-corrected chi connectivity index (χ1v) is 11.6. The van der Waals surface area contributed by atoms with Gasteiger partial charge in [-0.1, -0.05) is 30.4 Å². The summed E-state index contributed by atoms with van der Waals surface area (Å²) in [7, 11) is 0. The maximum atomic E-state index is 3.48. The molecule has 2 aliphatic carbocycles. The summed E-state index contributed by atoms with van der Waals surface area (Å²) in [5.41, 5.74) is 13.6. The Balaban J connectivity index is 1.21. The molecule has 2 N–H and O–H groups in total. The van der Waals surface area contributed by atoms with Gasteiger partial charge in [-0.3, -0.25) is 0 Å². The van der Waals surface area contributed by atoms with E-state index in [0.29, 0.717) is 0 Å². The van der Waals surface area contributed by atoms with Crippen molar-refractivity contribution in [1.29, 1.82) is 0 Å². The lowest BCUT2D eigenvalue weighted by Crippen LogP contribution is -2.35. The van der Waals surface area contributed by atoms with Crippen LogP contribution in [0.25, 0.3) is 0 Å². The number of rotatable bonds is 10. The molecule has 1 aromatic carbocycles. The van der Waals surface area contributed by atoms with Crippen LogP contribution >= 0.6 is 0 Å². The van der Waals surface area contributed by atoms with Gasteiger partial charge in [-0.15, -0.1) is 11.5 Å². The average molecular weight is 445 g/mol. The summed E-state index contributed by atoms with van der Waals surface area (Å²) >= 11 is 0. The standard InChI is InChI=1S/C30H28N4/c1-2-9-25(8-1)19-31-29-14-6-16-33(23-29)21-27-12-5-13-28(18-27)22-34-17-7-15-30(24-34)32-20-26-10-3-4-11-26/h1-8,10,12-18,23-24,31-32H,19-22H2/q+2. The zero-order chi connectivity index (χ0) is 23.0. The van der Waals surface area contributed by atoms with Gasteiger partial charge in [0.1, 0.15) is 0 Å². The Hall–Kier alpha value is -4.36. The molecule has 0 radical (unpaired) electrons. The minimum absolute atomic E-state index is 0.780. The second-order valence-corrected chi connectivity index (χ2v) is 8.45. The number of pyridine rings is 2. The minimum atomic E-state index is 0.780. The number of anilines is 2. The van der Waals surface area contributed by atoms with Gasteiger partial charge in [0.15, 0.2) is 37.9 Å². The van der Waals surface area contributed by atoms with E-state index in [4.69, 9.17) is 0 Å². The van der Waals surface area contributed by atoms with E-state index < -0.39 is 0 Å². The molecule has 0 atom stereocenters. The van der Waals surface area contributed by atoms with Gasteiger partial charge >= 0.3 is 0 Å². The fourth-order valence-electron chi connectivity index (χ4n) is 4.05. The van der Waals surface area contributed by atoms with Gasteiger partial charge < -0.3 is 10.6 Å². The molecular weight excluding hydrogens is 416 g/mol. The third kappa shape index (κ3) is 5.90. The second kappa shape index (κ2) is 10.5. The number of hydrogen-bond acceptors (Lipinski definition) is 2. The van der Waals surface area contributed by atoms with Crippen molar-refractivity contribution < 1.29 is 9.13 Å². The molecule has 5 rings (SSSR count). The predicted molar refractivity (Wildman–Crippen MR) is 136 cm³/mol. The van der Waals surface area contributed by atoms with Crippen molar-refractivity contribution >= 4 is 11.4 Å². The molecule has 0 unspecified atom stereocenters. The first kappa shape index (κ1) is 21.5. The molecule has 0 spiro atoms. The van der Waals surface area contributed by atoms with Crippen LogP contribution in [0.1, 0.15) is 11.1 Å². The second-order valence-electron chi connectivity index (χ2n) is 8.45. The molecule has 166 valence electrons. The van der Waals surface area contributed by atoms with Crippen molar-refractivity contribution in [2.75, 3.05) is 23.7 Å². The van der Waals surface area contributed by atoms with Crippen molar-refractivity contribution in [1.82, 2.24) is 0 Å². The third-order valence-electron chi connectivity index (χ3n) is 5.73. The SMILES string of the molecule is C1=CC=CC=1CNc1ccc[n+](Cc2cccc(C[n+]3cccc(NCC4=C=CC=C4)c3)c2)c1. The normalized spacial score (nSPS) is 13.3. The Bertz CT molecular complexity index is 1280. The summed E-state index contributed by atoms with van der Waals surface area (Å²) in [6, 6.07) is 17.2. The maximum absolute atomic E-state index is 3.48. The molecule has 0 aliphatic heterocycles. The van der Waals surface area contributed by atoms with E-state index >= 15 is 0 Å². The number of aromatic nitrogens is 2. The lowest BCUT2D eigenvalue weighted by atomic mass is 10.1. The summed E-state index contributed by atoms with van der Waals surface area (Å²) in [5.74, 6) is 0. The smallest absolute Gasteiger partial charge is 0.192 e. The monoisotopic (exact) mass is 444 g/mol. The van der Waals surface area contributed by atoms with Gasteiger partial charge in [-0.25, -0.2) is 0 Å². The van der Waals surface area contributed by atoms with Gasteiger partial charge in [0, 0.05) is 47.5 Å². The molecule has 0 fully saturated rings. The molecule has 4 nitrogen and oxygen atoms in total. The molecule has 2 aliphatic rings. The van der Waals surface area contributed by atoms with Crippen molar-refractivity contribution in [2.24, 2.45) is 0 Å². The van der Waals surface area contributed by atoms with Crippen LogP contribution < -0.4 is 19.8 Å². The molecule has 0 saturated carbocycles. The van der Waals surface area contributed by atoms with Crippen molar-refractivity contribution in [3.8, 4) is 0 Å². The topological polar surface area (TPSA) is 31.8 Å². The maximum Gasteiger partial charge on any atom is 0.192 e. The summed E-state index contributed by atoms with van der Waals surface area (Å²) in [6.45, 7) is 3.22. The fraction of sp³-hybridized carbons (Fsp3) is 0.133. The highest BCUT2D eigenvalue weighted by atomic mass is 15.0. The largest absolute Gasteiger partial charge is 0.376 e. The molecule has 0 saturated heterocycles. The fourth-order valence-corrected chi connectivity index (χ4v) is 4.05. The van der Waals surface area contributed by atoms with Crippen LogP contribution in [0.4, 0.5) is 11.4 Å². The van der Waals surface area contributed by atoms with Gasteiger partial charge in [0.2, 0.25) is 0 Å². The van der Waals surface area contributed by atoms with Crippen molar-refractivity contribution in [3.63, 3.8) is 0 Å². The molecule has 2 heterocycles. The summed E-state index contributed by atoms with van der Waals surface area (Å²) in [5, 5.41) is 6.96. The van der Waals surface area contributed by atoms with Crippen LogP contribution in [0, 0.1) is 0 Å². The quantitative estimate of drug-likeness (QED) is 0.357. The molecule has 4 heteroatoms. The zero-order valence-electron chi connectivity index (χ0n) is 19.1. The van der Waals surface area contributed by atoms with Gasteiger partial charge in [0.05, 0.1) is 11.4 Å². The Labute approximate surface area is 200 Å². The van der Waals surface area contributed by atoms with Gasteiger partial charge in [-0.05, 0) is 42.5 Å². The number of allylic oxidation sites excluding steroid dienone is 2. The molecular formula is C30H28N4+2. The first-order valence-electron chi connectivity index (χ1n) is 11.6. The Morgan fingerprint density at radius 3 is 1.65 bits per heavy atom. The average Bonchev–Trinajstić information content (AvgIpc) is 3.57. The van der Waals surface area contributed by atoms with E-state index in [1.807, 2.05) is 24.3 Å². The molecule has 3 aromatic rings. The highest BCUT2D eigenvalue weighted by Gasteiger charge is 2.09. The Morgan fingerprint density at radius 1 is 0.647 bits per heavy atom. The van der Waals surface area contributed by atoms with Crippen LogP contribution in [0.3, 0.4) is 0 Å². The number of nitrogens with zero attached hydrogens (tertiary/aromatic N) is 2. The Kier molecular flexibility index (Phi) is 6.64. The van der Waals surface area contributed by atoms with Crippen LogP contribution in [-0.2, 0) is 13.1 Å². The minimum Gasteiger partial charge on any atom is -0.376 e. The lowest BCUT2D eigenvalue weighted by Gasteiger charge is -2.06. The first-order chi connectivity index (χ1) is 16.8. The van der Waals surface area contributed by atoms with E-state index in [2.05, 4.69) is 117 Å². The molecule has 2 aromatic heterocycles. The number of benzene rings is 1. The summed E-state index contributed by atoms with van der Waals surface area (Å²) in [6.07, 6.45) is 20.6. The van der Waals surface area contributed by atoms with Crippen LogP contribution in [0.5, 0.6) is 0 Å². The van der Waals surface area contributed by atoms with E-state index in [9.17, 15) is 0 Å². The molecule has 0 bridgehead atoms. The van der Waals surface area contributed by atoms with Crippen LogP contribution in [-0.4, -0.2) is 13.1 Å². The molecule has 34 heavy (non-hydrogen) atoms. The van der Waals surface area contributed by atoms with Crippen LogP contribution in [0.15, 0.2) is 132 Å². The number of hydrogen-bond donors (Lipinski definition) is 2. The molecule has 0 amide bonds. The zero-order valence-corrected chi connectivity index (χ0v) is 19.1. The highest BCUT2D eigenvalue weighted by molar-refractivity contribution is 5.43. The predicted octanol–water partition coefficient (Wildman–Crippen LogP) is 4.48. The Morgan fingerprint density at radius 2 is 1.18 bits per heavy atom. The van der Waals surface area contributed by atoms with Crippen molar-refractivity contribution in [2.45, 2.75) is 13.1 Å². The van der Waals surface area contributed by atoms with E-state index in [0.717, 1.165) is 37.6 Å². The van der Waals surface area contributed by atoms with Crippen molar-refractivity contribution in [3.05, 3.63) is 144 Å². The third-order valence-corrected chi connectivity index (χ3v) is 5.73. The lowest BCUT2D eigenvalue weighted by molar-refractivity contribution is -0.688. The van der Waals surface area contributed by atoms with E-state index in [-0.39, 0.29) is 0 Å². The number of nitrogens with one attached hydrogen (secondary N) is 2. The summed E-state index contributed by atoms with van der Waals surface area (Å²) in [4.78, 5) is 0. The van der Waals surface area contributed by atoms with E-state index in [1.165, 1.54) is 22.3 Å². The summed E-state index contributed by atoms with van der Waals surface area (Å²) < 4.78 is 4.43. The van der Waals surface area contributed by atoms with E-state index in [1.54, 1.807) is 0 Å². The van der Waals surface area contributed by atoms with Crippen LogP contribution in [0.2, 0.25) is 0 Å².